The molecule has 0 aliphatic carbocycles. The highest BCUT2D eigenvalue weighted by atomic mass is 35.5. The Bertz CT molecular complexity index is 620. The maximum Gasteiger partial charge on any atom is 0.323 e. The van der Waals surface area contributed by atoms with Crippen molar-refractivity contribution in [3.8, 4) is 6.01 Å². The maximum atomic E-state index is 5.99. The topological polar surface area (TPSA) is 86.0 Å². The van der Waals surface area contributed by atoms with Crippen LogP contribution in [0, 0.1) is 0 Å². The van der Waals surface area contributed by atoms with Crippen LogP contribution in [0.1, 0.15) is 32.4 Å². The lowest BCUT2D eigenvalue weighted by Gasteiger charge is -2.15. The van der Waals surface area contributed by atoms with Crippen molar-refractivity contribution in [2.45, 2.75) is 32.9 Å². The van der Waals surface area contributed by atoms with Gasteiger partial charge in [0, 0.05) is 5.02 Å². The van der Waals surface area contributed by atoms with E-state index < -0.39 is 0 Å². The highest BCUT2D eigenvalue weighted by Crippen LogP contribution is 2.21. The van der Waals surface area contributed by atoms with Crippen LogP contribution in [-0.4, -0.2) is 21.1 Å². The lowest BCUT2D eigenvalue weighted by Crippen LogP contribution is -2.14. The lowest BCUT2D eigenvalue weighted by atomic mass is 10.1. The molecule has 1 aromatic carbocycles. The summed E-state index contributed by atoms with van der Waals surface area (Å²) in [6.45, 7) is 5.76. The molecule has 1 atom stereocenters. The summed E-state index contributed by atoms with van der Waals surface area (Å²) in [5, 5.41) is 3.84. The number of rotatable bonds is 5. The molecule has 1 heterocycles. The highest BCUT2D eigenvalue weighted by molar-refractivity contribution is 6.30. The van der Waals surface area contributed by atoms with Crippen LogP contribution >= 0.6 is 11.6 Å². The number of aromatic nitrogens is 3. The fraction of sp³-hybridized carbons (Fsp3) is 0.357. The minimum absolute atomic E-state index is 0.0302. The molecule has 21 heavy (non-hydrogen) atoms. The Morgan fingerprint density at radius 3 is 2.62 bits per heavy atom. The van der Waals surface area contributed by atoms with Gasteiger partial charge in [0.1, 0.15) is 0 Å². The molecule has 2 rings (SSSR count). The van der Waals surface area contributed by atoms with Crippen LogP contribution in [0.3, 0.4) is 0 Å². The van der Waals surface area contributed by atoms with Gasteiger partial charge in [0.2, 0.25) is 11.9 Å². The lowest BCUT2D eigenvalue weighted by molar-refractivity contribution is 0.222. The van der Waals surface area contributed by atoms with Crippen LogP contribution < -0.4 is 15.8 Å². The van der Waals surface area contributed by atoms with Crippen molar-refractivity contribution in [2.24, 2.45) is 0 Å². The molecule has 112 valence electrons. The Kier molecular flexibility index (Phi) is 4.80. The fourth-order valence-corrected chi connectivity index (χ4v) is 1.95. The Labute approximate surface area is 128 Å². The van der Waals surface area contributed by atoms with Gasteiger partial charge in [-0.15, -0.1) is 0 Å². The first kappa shape index (κ1) is 15.3. The van der Waals surface area contributed by atoms with E-state index in [0.717, 1.165) is 5.56 Å². The monoisotopic (exact) mass is 307 g/mol. The van der Waals surface area contributed by atoms with Gasteiger partial charge < -0.3 is 15.8 Å². The second kappa shape index (κ2) is 6.58. The van der Waals surface area contributed by atoms with E-state index in [1.54, 1.807) is 0 Å². The molecule has 0 amide bonds. The Balaban J connectivity index is 2.17. The number of nitrogens with two attached hydrogens (primary N) is 1. The molecule has 0 fully saturated rings. The predicted octanol–water partition coefficient (Wildman–Crippen LogP) is 3.07. The molecular weight excluding hydrogens is 290 g/mol. The molecule has 0 radical (unpaired) electrons. The summed E-state index contributed by atoms with van der Waals surface area (Å²) >= 11 is 5.99. The van der Waals surface area contributed by atoms with Crippen molar-refractivity contribution in [1.82, 2.24) is 15.0 Å². The third-order valence-electron chi connectivity index (χ3n) is 2.67. The summed E-state index contributed by atoms with van der Waals surface area (Å²) in [5.74, 6) is 0.479. The zero-order valence-electron chi connectivity index (χ0n) is 12.2. The van der Waals surface area contributed by atoms with Gasteiger partial charge in [-0.05, 0) is 38.5 Å². The smallest absolute Gasteiger partial charge is 0.323 e. The fourth-order valence-electron chi connectivity index (χ4n) is 1.75. The van der Waals surface area contributed by atoms with Crippen LogP contribution in [0.25, 0.3) is 0 Å². The first-order valence-electron chi connectivity index (χ1n) is 6.64. The van der Waals surface area contributed by atoms with Crippen molar-refractivity contribution in [1.29, 1.82) is 0 Å². The maximum absolute atomic E-state index is 5.99. The van der Waals surface area contributed by atoms with Crippen molar-refractivity contribution in [2.75, 3.05) is 11.1 Å². The van der Waals surface area contributed by atoms with Crippen LogP contribution in [0.4, 0.5) is 11.9 Å². The number of ether oxygens (including phenoxy) is 1. The Morgan fingerprint density at radius 1 is 1.19 bits per heavy atom. The number of nitrogen functional groups attached to an aromatic ring is 1. The van der Waals surface area contributed by atoms with E-state index in [0.29, 0.717) is 11.0 Å². The van der Waals surface area contributed by atoms with Gasteiger partial charge in [-0.3, -0.25) is 0 Å². The predicted molar refractivity (Wildman–Crippen MR) is 83.5 cm³/mol. The number of benzene rings is 1. The standard InChI is InChI=1S/C14H18ClN5O/c1-8(2)21-14-19-12(16)18-13(20-14)17-9(3)10-5-4-6-11(15)7-10/h4-9H,1-3H3,(H3,16,17,18,19,20). The Morgan fingerprint density at radius 2 is 1.95 bits per heavy atom. The van der Waals surface area contributed by atoms with E-state index in [1.807, 2.05) is 45.0 Å². The summed E-state index contributed by atoms with van der Waals surface area (Å²) in [6, 6.07) is 7.75. The summed E-state index contributed by atoms with van der Waals surface area (Å²) in [5.41, 5.74) is 6.69. The second-order valence-electron chi connectivity index (χ2n) is 4.89. The second-order valence-corrected chi connectivity index (χ2v) is 5.32. The summed E-state index contributed by atoms with van der Waals surface area (Å²) in [7, 11) is 0. The zero-order valence-corrected chi connectivity index (χ0v) is 12.9. The van der Waals surface area contributed by atoms with Crippen LogP contribution in [0.15, 0.2) is 24.3 Å². The molecule has 6 nitrogen and oxygen atoms in total. The molecule has 0 saturated carbocycles. The van der Waals surface area contributed by atoms with Gasteiger partial charge in [-0.2, -0.15) is 15.0 Å². The number of hydrogen-bond donors (Lipinski definition) is 2. The first-order valence-corrected chi connectivity index (χ1v) is 7.02. The molecule has 0 spiro atoms. The molecule has 0 saturated heterocycles. The molecule has 0 aliphatic rings. The summed E-state index contributed by atoms with van der Waals surface area (Å²) in [6.07, 6.45) is -0.0370. The van der Waals surface area contributed by atoms with E-state index in [-0.39, 0.29) is 24.1 Å². The number of nitrogens with zero attached hydrogens (tertiary/aromatic N) is 3. The molecule has 1 unspecified atom stereocenters. The van der Waals surface area contributed by atoms with Crippen LogP contribution in [0.2, 0.25) is 5.02 Å². The SMILES string of the molecule is CC(C)Oc1nc(N)nc(NC(C)c2cccc(Cl)c2)n1. The third-order valence-corrected chi connectivity index (χ3v) is 2.90. The number of hydrogen-bond acceptors (Lipinski definition) is 6. The largest absolute Gasteiger partial charge is 0.461 e. The number of anilines is 2. The average Bonchev–Trinajstić information content (AvgIpc) is 2.37. The molecular formula is C14H18ClN5O. The number of nitrogens with one attached hydrogen (secondary N) is 1. The van der Waals surface area contributed by atoms with Gasteiger partial charge in [0.05, 0.1) is 12.1 Å². The molecule has 2 aromatic rings. The third kappa shape index (κ3) is 4.46. The molecule has 0 aliphatic heterocycles. The van der Waals surface area contributed by atoms with E-state index in [1.165, 1.54) is 0 Å². The average molecular weight is 308 g/mol. The normalized spacial score (nSPS) is 12.2. The van der Waals surface area contributed by atoms with Gasteiger partial charge in [-0.25, -0.2) is 0 Å². The van der Waals surface area contributed by atoms with Crippen molar-refractivity contribution < 1.29 is 4.74 Å². The van der Waals surface area contributed by atoms with E-state index in [4.69, 9.17) is 22.1 Å². The van der Waals surface area contributed by atoms with Gasteiger partial charge in [0.25, 0.3) is 0 Å². The van der Waals surface area contributed by atoms with Gasteiger partial charge >= 0.3 is 6.01 Å². The zero-order chi connectivity index (χ0) is 15.4. The molecule has 3 N–H and O–H groups in total. The van der Waals surface area contributed by atoms with E-state index in [2.05, 4.69) is 20.3 Å². The highest BCUT2D eigenvalue weighted by Gasteiger charge is 2.11. The minimum Gasteiger partial charge on any atom is -0.461 e. The summed E-state index contributed by atoms with van der Waals surface area (Å²) < 4.78 is 5.44. The van der Waals surface area contributed by atoms with E-state index >= 15 is 0 Å². The van der Waals surface area contributed by atoms with E-state index in [9.17, 15) is 0 Å². The van der Waals surface area contributed by atoms with Gasteiger partial charge in [0.15, 0.2) is 0 Å². The summed E-state index contributed by atoms with van der Waals surface area (Å²) in [4.78, 5) is 12.2. The molecule has 0 bridgehead atoms. The van der Waals surface area contributed by atoms with Crippen molar-refractivity contribution in [3.05, 3.63) is 34.9 Å². The van der Waals surface area contributed by atoms with Crippen LogP contribution in [0.5, 0.6) is 6.01 Å². The molecule has 7 heteroatoms. The quantitative estimate of drug-likeness (QED) is 0.883. The minimum atomic E-state index is -0.0370. The van der Waals surface area contributed by atoms with Crippen molar-refractivity contribution in [3.63, 3.8) is 0 Å². The van der Waals surface area contributed by atoms with Crippen LogP contribution in [-0.2, 0) is 0 Å². The Hall–Kier alpha value is -2.08. The van der Waals surface area contributed by atoms with Gasteiger partial charge in [-0.1, -0.05) is 23.7 Å². The molecule has 1 aromatic heterocycles. The van der Waals surface area contributed by atoms with Crippen molar-refractivity contribution >= 4 is 23.5 Å². The first-order chi connectivity index (χ1) is 9.94. The number of halogens is 1.